The summed E-state index contributed by atoms with van der Waals surface area (Å²) in [7, 11) is 0. The highest BCUT2D eigenvalue weighted by Gasteiger charge is 2.29. The molecular formula is C20H36N2. The van der Waals surface area contributed by atoms with Crippen molar-refractivity contribution in [2.24, 2.45) is 0 Å². The summed E-state index contributed by atoms with van der Waals surface area (Å²) in [6, 6.07) is 0. The second-order valence-electron chi connectivity index (χ2n) is 7.14. The lowest BCUT2D eigenvalue weighted by molar-refractivity contribution is 0.345. The predicted octanol–water partition coefficient (Wildman–Crippen LogP) is 6.29. The second-order valence-corrected chi connectivity index (χ2v) is 7.14. The van der Waals surface area contributed by atoms with Crippen LogP contribution >= 0.6 is 0 Å². The fourth-order valence-electron chi connectivity index (χ4n) is 3.05. The number of aryl methyl sites for hydroxylation is 2. The Morgan fingerprint density at radius 1 is 0.864 bits per heavy atom. The van der Waals surface area contributed by atoms with E-state index in [9.17, 15) is 0 Å². The topological polar surface area (TPSA) is 25.8 Å². The van der Waals surface area contributed by atoms with Crippen molar-refractivity contribution in [3.63, 3.8) is 0 Å². The Kier molecular flexibility index (Phi) is 8.67. The van der Waals surface area contributed by atoms with Gasteiger partial charge in [-0.05, 0) is 32.3 Å². The number of rotatable bonds is 11. The molecule has 2 heteroatoms. The van der Waals surface area contributed by atoms with Gasteiger partial charge in [-0.3, -0.25) is 0 Å². The average Bonchev–Trinajstić information content (AvgIpc) is 2.50. The normalized spacial score (nSPS) is 14.0. The standard InChI is InChI=1S/C20H36N2/c1-6-8-10-11-13-15-20(5,14-12-9-7-2)19-21-16-17(3)18(4)22-19/h16H,6-15H2,1-5H3. The predicted molar refractivity (Wildman–Crippen MR) is 96.4 cm³/mol. The fourth-order valence-corrected chi connectivity index (χ4v) is 3.05. The Hall–Kier alpha value is -0.920. The first-order valence-corrected chi connectivity index (χ1v) is 9.34. The van der Waals surface area contributed by atoms with Crippen LogP contribution in [0, 0.1) is 13.8 Å². The van der Waals surface area contributed by atoms with Crippen molar-refractivity contribution in [3.05, 3.63) is 23.3 Å². The summed E-state index contributed by atoms with van der Waals surface area (Å²) in [6.07, 6.45) is 15.0. The number of hydrogen-bond donors (Lipinski definition) is 0. The number of nitrogens with zero attached hydrogens (tertiary/aromatic N) is 2. The van der Waals surface area contributed by atoms with Crippen molar-refractivity contribution >= 4 is 0 Å². The van der Waals surface area contributed by atoms with Gasteiger partial charge < -0.3 is 0 Å². The monoisotopic (exact) mass is 304 g/mol. The molecule has 0 aliphatic heterocycles. The van der Waals surface area contributed by atoms with Gasteiger partial charge in [-0.15, -0.1) is 0 Å². The van der Waals surface area contributed by atoms with Gasteiger partial charge >= 0.3 is 0 Å². The van der Waals surface area contributed by atoms with Crippen molar-refractivity contribution in [2.75, 3.05) is 0 Å². The molecule has 0 saturated heterocycles. The highest BCUT2D eigenvalue weighted by atomic mass is 14.9. The first-order valence-electron chi connectivity index (χ1n) is 9.34. The maximum atomic E-state index is 4.83. The van der Waals surface area contributed by atoms with E-state index in [1.807, 2.05) is 6.20 Å². The summed E-state index contributed by atoms with van der Waals surface area (Å²) >= 11 is 0. The van der Waals surface area contributed by atoms with Gasteiger partial charge in [0.2, 0.25) is 0 Å². The summed E-state index contributed by atoms with van der Waals surface area (Å²) in [5.74, 6) is 1.07. The van der Waals surface area contributed by atoms with E-state index in [-0.39, 0.29) is 5.41 Å². The molecule has 0 aliphatic rings. The molecule has 0 amide bonds. The summed E-state index contributed by atoms with van der Waals surface area (Å²) in [5, 5.41) is 0. The summed E-state index contributed by atoms with van der Waals surface area (Å²) in [5.41, 5.74) is 2.49. The second kappa shape index (κ2) is 9.97. The quantitative estimate of drug-likeness (QED) is 0.449. The van der Waals surface area contributed by atoms with Gasteiger partial charge in [-0.2, -0.15) is 0 Å². The lowest BCUT2D eigenvalue weighted by Gasteiger charge is -2.29. The highest BCUT2D eigenvalue weighted by molar-refractivity contribution is 5.17. The van der Waals surface area contributed by atoms with Gasteiger partial charge in [0.05, 0.1) is 0 Å². The molecule has 0 radical (unpaired) electrons. The van der Waals surface area contributed by atoms with E-state index >= 15 is 0 Å². The summed E-state index contributed by atoms with van der Waals surface area (Å²) in [4.78, 5) is 9.52. The van der Waals surface area contributed by atoms with E-state index in [2.05, 4.69) is 34.6 Å². The summed E-state index contributed by atoms with van der Waals surface area (Å²) < 4.78 is 0. The lowest BCUT2D eigenvalue weighted by atomic mass is 9.78. The first kappa shape index (κ1) is 19.1. The first-order chi connectivity index (χ1) is 10.5. The molecule has 0 bridgehead atoms. The maximum Gasteiger partial charge on any atom is 0.134 e. The van der Waals surface area contributed by atoms with E-state index < -0.39 is 0 Å². The van der Waals surface area contributed by atoms with Crippen LogP contribution in [0.5, 0.6) is 0 Å². The van der Waals surface area contributed by atoms with Crippen LogP contribution in [-0.4, -0.2) is 9.97 Å². The Morgan fingerprint density at radius 3 is 2.00 bits per heavy atom. The van der Waals surface area contributed by atoms with E-state index in [4.69, 9.17) is 9.97 Å². The third-order valence-corrected chi connectivity index (χ3v) is 4.93. The van der Waals surface area contributed by atoms with Crippen LogP contribution in [0.1, 0.15) is 102 Å². The largest absolute Gasteiger partial charge is 0.240 e. The van der Waals surface area contributed by atoms with Crippen LogP contribution in [0.2, 0.25) is 0 Å². The molecule has 1 rings (SSSR count). The molecule has 0 saturated carbocycles. The highest BCUT2D eigenvalue weighted by Crippen LogP contribution is 2.33. The molecule has 0 aliphatic carbocycles. The van der Waals surface area contributed by atoms with Gasteiger partial charge in [0.1, 0.15) is 5.82 Å². The van der Waals surface area contributed by atoms with Crippen LogP contribution in [0.15, 0.2) is 6.20 Å². The molecule has 1 unspecified atom stereocenters. The van der Waals surface area contributed by atoms with E-state index in [0.29, 0.717) is 0 Å². The Balaban J connectivity index is 2.73. The maximum absolute atomic E-state index is 4.83. The van der Waals surface area contributed by atoms with Gasteiger partial charge in [-0.25, -0.2) is 9.97 Å². The Morgan fingerprint density at radius 2 is 1.41 bits per heavy atom. The van der Waals surface area contributed by atoms with E-state index in [1.54, 1.807) is 0 Å². The number of unbranched alkanes of at least 4 members (excludes halogenated alkanes) is 6. The van der Waals surface area contributed by atoms with Crippen LogP contribution in [0.25, 0.3) is 0 Å². The zero-order valence-electron chi connectivity index (χ0n) is 15.5. The third-order valence-electron chi connectivity index (χ3n) is 4.93. The van der Waals surface area contributed by atoms with Crippen molar-refractivity contribution in [2.45, 2.75) is 104 Å². The molecule has 0 N–H and O–H groups in total. The molecule has 1 aromatic heterocycles. The minimum Gasteiger partial charge on any atom is -0.240 e. The number of aromatic nitrogens is 2. The summed E-state index contributed by atoms with van der Waals surface area (Å²) in [6.45, 7) is 11.1. The minimum atomic E-state index is 0.153. The van der Waals surface area contributed by atoms with Crippen molar-refractivity contribution in [1.82, 2.24) is 9.97 Å². The van der Waals surface area contributed by atoms with Gasteiger partial charge in [0.15, 0.2) is 0 Å². The zero-order chi connectivity index (χ0) is 16.4. The van der Waals surface area contributed by atoms with Gasteiger partial charge in [0.25, 0.3) is 0 Å². The van der Waals surface area contributed by atoms with Crippen molar-refractivity contribution < 1.29 is 0 Å². The Bertz CT molecular complexity index is 428. The van der Waals surface area contributed by atoms with Crippen molar-refractivity contribution in [3.8, 4) is 0 Å². The molecule has 1 atom stereocenters. The molecule has 0 aromatic carbocycles. The molecule has 0 spiro atoms. The molecular weight excluding hydrogens is 268 g/mol. The smallest absolute Gasteiger partial charge is 0.134 e. The van der Waals surface area contributed by atoms with Crippen LogP contribution in [0.3, 0.4) is 0 Å². The molecule has 2 nitrogen and oxygen atoms in total. The van der Waals surface area contributed by atoms with Gasteiger partial charge in [-0.1, -0.05) is 72.1 Å². The zero-order valence-corrected chi connectivity index (χ0v) is 15.5. The van der Waals surface area contributed by atoms with E-state index in [1.165, 1.54) is 69.8 Å². The lowest BCUT2D eigenvalue weighted by Crippen LogP contribution is -2.25. The molecule has 126 valence electrons. The van der Waals surface area contributed by atoms with Gasteiger partial charge in [0, 0.05) is 17.3 Å². The SMILES string of the molecule is CCCCCCCC(C)(CCCCC)c1ncc(C)c(C)n1. The van der Waals surface area contributed by atoms with Crippen LogP contribution in [0.4, 0.5) is 0 Å². The third kappa shape index (κ3) is 6.06. The molecule has 1 aromatic rings. The number of hydrogen-bond acceptors (Lipinski definition) is 2. The average molecular weight is 305 g/mol. The fraction of sp³-hybridized carbons (Fsp3) is 0.800. The molecule has 22 heavy (non-hydrogen) atoms. The Labute approximate surface area is 138 Å². The molecule has 0 fully saturated rings. The van der Waals surface area contributed by atoms with Crippen LogP contribution in [-0.2, 0) is 5.41 Å². The van der Waals surface area contributed by atoms with Crippen LogP contribution < -0.4 is 0 Å². The van der Waals surface area contributed by atoms with E-state index in [0.717, 1.165) is 11.5 Å². The van der Waals surface area contributed by atoms with Crippen molar-refractivity contribution in [1.29, 1.82) is 0 Å². The molecule has 1 heterocycles. The minimum absolute atomic E-state index is 0.153.